The number of aryl methyl sites for hydroxylation is 2. The minimum atomic E-state index is -0.306. The van der Waals surface area contributed by atoms with Gasteiger partial charge in [-0.1, -0.05) is 6.07 Å². The van der Waals surface area contributed by atoms with E-state index in [-0.39, 0.29) is 5.24 Å². The molecule has 1 aromatic carbocycles. The van der Waals surface area contributed by atoms with E-state index in [0.717, 1.165) is 5.75 Å². The second kappa shape index (κ2) is 5.76. The highest BCUT2D eigenvalue weighted by atomic mass is 35.5. The first-order valence-electron chi connectivity index (χ1n) is 4.97. The largest absolute Gasteiger partial charge is 0.494 e. The molecule has 0 saturated heterocycles. The number of hydrogen-bond donors (Lipinski definition) is 0. The predicted molar refractivity (Wildman–Crippen MR) is 61.5 cm³/mol. The molecule has 1 aromatic rings. The van der Waals surface area contributed by atoms with Crippen molar-refractivity contribution >= 4 is 16.8 Å². The Kier molecular flexibility index (Phi) is 4.63. The summed E-state index contributed by atoms with van der Waals surface area (Å²) >= 11 is 5.22. The van der Waals surface area contributed by atoms with Crippen molar-refractivity contribution in [3.05, 3.63) is 29.3 Å². The van der Waals surface area contributed by atoms with Gasteiger partial charge in [-0.2, -0.15) is 0 Å². The molecule has 1 rings (SSSR count). The number of carbonyl (C=O) groups excluding carboxylic acids is 1. The fourth-order valence-electron chi connectivity index (χ4n) is 1.42. The molecule has 82 valence electrons. The van der Waals surface area contributed by atoms with Gasteiger partial charge >= 0.3 is 0 Å². The van der Waals surface area contributed by atoms with Crippen LogP contribution in [0.25, 0.3) is 0 Å². The number of benzene rings is 1. The van der Waals surface area contributed by atoms with Gasteiger partial charge in [0.1, 0.15) is 5.75 Å². The van der Waals surface area contributed by atoms with Gasteiger partial charge in [-0.25, -0.2) is 0 Å². The molecule has 0 aliphatic heterocycles. The summed E-state index contributed by atoms with van der Waals surface area (Å²) < 4.78 is 5.51. The van der Waals surface area contributed by atoms with Crippen LogP contribution in [0, 0.1) is 13.8 Å². The second-order valence-corrected chi connectivity index (χ2v) is 4.05. The zero-order chi connectivity index (χ0) is 11.3. The lowest BCUT2D eigenvalue weighted by atomic mass is 10.1. The van der Waals surface area contributed by atoms with E-state index in [9.17, 15) is 4.79 Å². The van der Waals surface area contributed by atoms with E-state index in [1.165, 1.54) is 11.1 Å². The molecule has 0 spiro atoms. The molecule has 2 nitrogen and oxygen atoms in total. The zero-order valence-electron chi connectivity index (χ0n) is 9.05. The summed E-state index contributed by atoms with van der Waals surface area (Å²) in [7, 11) is 0. The molecule has 0 radical (unpaired) electrons. The van der Waals surface area contributed by atoms with Gasteiger partial charge in [0.2, 0.25) is 5.24 Å². The molecule has 15 heavy (non-hydrogen) atoms. The molecule has 0 N–H and O–H groups in total. The van der Waals surface area contributed by atoms with Crippen LogP contribution in [-0.4, -0.2) is 11.8 Å². The van der Waals surface area contributed by atoms with E-state index >= 15 is 0 Å². The van der Waals surface area contributed by atoms with Crippen LogP contribution in [0.3, 0.4) is 0 Å². The van der Waals surface area contributed by atoms with E-state index in [1.54, 1.807) is 0 Å². The van der Waals surface area contributed by atoms with Gasteiger partial charge in [0.25, 0.3) is 0 Å². The predicted octanol–water partition coefficient (Wildman–Crippen LogP) is 3.23. The molecule has 3 heteroatoms. The average Bonchev–Trinajstić information content (AvgIpc) is 2.10. The van der Waals surface area contributed by atoms with Crippen LogP contribution in [0.15, 0.2) is 18.2 Å². The Bertz CT molecular complexity index is 327. The maximum Gasteiger partial charge on any atom is 0.221 e. The van der Waals surface area contributed by atoms with Gasteiger partial charge < -0.3 is 4.74 Å². The maximum absolute atomic E-state index is 10.5. The summed E-state index contributed by atoms with van der Waals surface area (Å²) in [4.78, 5) is 10.5. The van der Waals surface area contributed by atoms with Crippen LogP contribution in [-0.2, 0) is 4.79 Å². The Balaban J connectivity index is 2.40. The van der Waals surface area contributed by atoms with Crippen LogP contribution in [0.1, 0.15) is 24.0 Å². The van der Waals surface area contributed by atoms with Crippen molar-refractivity contribution < 1.29 is 9.53 Å². The lowest BCUT2D eigenvalue weighted by Crippen LogP contribution is -1.99. The van der Waals surface area contributed by atoms with Crippen molar-refractivity contribution in [2.45, 2.75) is 26.7 Å². The zero-order valence-corrected chi connectivity index (χ0v) is 9.80. The van der Waals surface area contributed by atoms with E-state index in [0.29, 0.717) is 19.4 Å². The quantitative estimate of drug-likeness (QED) is 0.569. The number of carbonyl (C=O) groups is 1. The Labute approximate surface area is 95.2 Å². The van der Waals surface area contributed by atoms with Gasteiger partial charge in [0, 0.05) is 6.42 Å². The van der Waals surface area contributed by atoms with Gasteiger partial charge in [-0.15, -0.1) is 0 Å². The third-order valence-electron chi connectivity index (χ3n) is 1.98. The molecule has 0 unspecified atom stereocenters. The van der Waals surface area contributed by atoms with Crippen molar-refractivity contribution in [3.63, 3.8) is 0 Å². The van der Waals surface area contributed by atoms with Crippen LogP contribution in [0.5, 0.6) is 5.75 Å². The molecule has 0 fully saturated rings. The summed E-state index contributed by atoms with van der Waals surface area (Å²) in [5.74, 6) is 0.856. The molecule has 0 heterocycles. The highest BCUT2D eigenvalue weighted by Crippen LogP contribution is 2.16. The van der Waals surface area contributed by atoms with E-state index < -0.39 is 0 Å². The van der Waals surface area contributed by atoms with Gasteiger partial charge in [-0.3, -0.25) is 4.79 Å². The monoisotopic (exact) mass is 226 g/mol. The Morgan fingerprint density at radius 1 is 1.27 bits per heavy atom. The van der Waals surface area contributed by atoms with Gasteiger partial charge in [-0.05, 0) is 55.1 Å². The number of hydrogen-bond acceptors (Lipinski definition) is 2. The smallest absolute Gasteiger partial charge is 0.221 e. The third kappa shape index (κ3) is 4.84. The van der Waals surface area contributed by atoms with Crippen molar-refractivity contribution in [3.8, 4) is 5.75 Å². The molecule has 0 aliphatic carbocycles. The van der Waals surface area contributed by atoms with E-state index in [4.69, 9.17) is 16.3 Å². The minimum Gasteiger partial charge on any atom is -0.494 e. The van der Waals surface area contributed by atoms with Crippen LogP contribution >= 0.6 is 11.6 Å². The average molecular weight is 227 g/mol. The summed E-state index contributed by atoms with van der Waals surface area (Å²) in [5, 5.41) is -0.306. The topological polar surface area (TPSA) is 26.3 Å². The lowest BCUT2D eigenvalue weighted by Gasteiger charge is -2.07. The summed E-state index contributed by atoms with van der Waals surface area (Å²) in [6.07, 6.45) is 1.03. The molecular formula is C12H15ClO2. The second-order valence-electron chi connectivity index (χ2n) is 3.63. The minimum absolute atomic E-state index is 0.306. The number of halogens is 1. The van der Waals surface area contributed by atoms with Crippen LogP contribution in [0.2, 0.25) is 0 Å². The van der Waals surface area contributed by atoms with Crippen molar-refractivity contribution in [2.75, 3.05) is 6.61 Å². The molecule has 0 amide bonds. The van der Waals surface area contributed by atoms with Crippen molar-refractivity contribution in [1.82, 2.24) is 0 Å². The van der Waals surface area contributed by atoms with E-state index in [1.807, 2.05) is 26.0 Å². The molecule has 0 saturated carbocycles. The van der Waals surface area contributed by atoms with Crippen LogP contribution < -0.4 is 4.74 Å². The molecule has 0 aromatic heterocycles. The first-order valence-corrected chi connectivity index (χ1v) is 5.35. The molecule has 0 aliphatic rings. The van der Waals surface area contributed by atoms with Crippen LogP contribution in [0.4, 0.5) is 0 Å². The van der Waals surface area contributed by atoms with Crippen molar-refractivity contribution in [2.24, 2.45) is 0 Å². The first-order chi connectivity index (χ1) is 7.08. The molecule has 0 bridgehead atoms. The molecular weight excluding hydrogens is 212 g/mol. The van der Waals surface area contributed by atoms with E-state index in [2.05, 4.69) is 6.07 Å². The van der Waals surface area contributed by atoms with Gasteiger partial charge in [0.05, 0.1) is 6.61 Å². The standard InChI is InChI=1S/C12H15ClO2/c1-9-6-10(2)8-11(7-9)15-5-3-4-12(13)14/h6-8H,3-5H2,1-2H3. The summed E-state index contributed by atoms with van der Waals surface area (Å²) in [5.41, 5.74) is 2.36. The fraction of sp³-hybridized carbons (Fsp3) is 0.417. The summed E-state index contributed by atoms with van der Waals surface area (Å²) in [6.45, 7) is 4.59. The lowest BCUT2D eigenvalue weighted by molar-refractivity contribution is -0.111. The maximum atomic E-state index is 10.5. The normalized spacial score (nSPS) is 10.1. The Hall–Kier alpha value is -1.02. The highest BCUT2D eigenvalue weighted by Gasteiger charge is 1.99. The Morgan fingerprint density at radius 2 is 1.87 bits per heavy atom. The summed E-state index contributed by atoms with van der Waals surface area (Å²) in [6, 6.07) is 6.06. The number of rotatable bonds is 5. The fourth-order valence-corrected chi connectivity index (χ4v) is 1.55. The number of ether oxygens (including phenoxy) is 1. The highest BCUT2D eigenvalue weighted by molar-refractivity contribution is 6.63. The third-order valence-corrected chi connectivity index (χ3v) is 2.17. The first kappa shape index (κ1) is 12.1. The molecule has 0 atom stereocenters. The van der Waals surface area contributed by atoms with Crippen molar-refractivity contribution in [1.29, 1.82) is 0 Å². The van der Waals surface area contributed by atoms with Gasteiger partial charge in [0.15, 0.2) is 0 Å². The Morgan fingerprint density at radius 3 is 2.40 bits per heavy atom. The SMILES string of the molecule is Cc1cc(C)cc(OCCCC(=O)Cl)c1.